The summed E-state index contributed by atoms with van der Waals surface area (Å²) >= 11 is 0. The summed E-state index contributed by atoms with van der Waals surface area (Å²) in [6.45, 7) is 0. The molecule has 0 N–H and O–H groups in total. The standard InChI is InChI=1S/C12H12N2O/c13-9-5-1-2-8-12-14-10-6-3-4-7-11(10)15-12/h3-4,6-7H,1-2,5,8H2. The molecule has 1 aromatic heterocycles. The van der Waals surface area contributed by atoms with Gasteiger partial charge in [0.2, 0.25) is 0 Å². The van der Waals surface area contributed by atoms with Crippen molar-refractivity contribution in [2.75, 3.05) is 0 Å². The molecule has 2 aromatic rings. The second-order valence-corrected chi connectivity index (χ2v) is 3.44. The third-order valence-corrected chi connectivity index (χ3v) is 2.27. The predicted molar refractivity (Wildman–Crippen MR) is 57.2 cm³/mol. The topological polar surface area (TPSA) is 49.8 Å². The van der Waals surface area contributed by atoms with Crippen LogP contribution in [0.3, 0.4) is 0 Å². The number of fused-ring (bicyclic) bond motifs is 1. The highest BCUT2D eigenvalue weighted by molar-refractivity contribution is 5.72. The van der Waals surface area contributed by atoms with E-state index in [1.165, 1.54) is 0 Å². The predicted octanol–water partition coefficient (Wildman–Crippen LogP) is 3.06. The van der Waals surface area contributed by atoms with E-state index < -0.39 is 0 Å². The molecule has 0 saturated heterocycles. The number of aryl methyl sites for hydroxylation is 1. The molecule has 0 bridgehead atoms. The molecule has 1 aromatic carbocycles. The first-order chi connectivity index (χ1) is 7.40. The molecule has 3 nitrogen and oxygen atoms in total. The van der Waals surface area contributed by atoms with Gasteiger partial charge >= 0.3 is 0 Å². The van der Waals surface area contributed by atoms with Crippen molar-refractivity contribution in [3.8, 4) is 6.07 Å². The zero-order valence-corrected chi connectivity index (χ0v) is 8.44. The number of aromatic nitrogens is 1. The molecule has 0 aliphatic rings. The molecule has 0 unspecified atom stereocenters. The Morgan fingerprint density at radius 2 is 2.13 bits per heavy atom. The molecule has 1 heterocycles. The maximum atomic E-state index is 8.39. The first-order valence-corrected chi connectivity index (χ1v) is 5.11. The molecule has 0 aliphatic carbocycles. The lowest BCUT2D eigenvalue weighted by Crippen LogP contribution is -1.84. The van der Waals surface area contributed by atoms with Crippen molar-refractivity contribution in [1.29, 1.82) is 5.26 Å². The van der Waals surface area contributed by atoms with Gasteiger partial charge in [-0.05, 0) is 25.0 Å². The van der Waals surface area contributed by atoms with E-state index in [0.717, 1.165) is 36.3 Å². The molecule has 0 spiro atoms. The van der Waals surface area contributed by atoms with Crippen molar-refractivity contribution in [2.45, 2.75) is 25.7 Å². The van der Waals surface area contributed by atoms with E-state index in [1.807, 2.05) is 24.3 Å². The lowest BCUT2D eigenvalue weighted by Gasteiger charge is -1.91. The molecule has 0 aliphatic heterocycles. The highest BCUT2D eigenvalue weighted by atomic mass is 16.3. The van der Waals surface area contributed by atoms with Gasteiger partial charge in [-0.1, -0.05) is 12.1 Å². The van der Waals surface area contributed by atoms with Crippen LogP contribution in [-0.4, -0.2) is 4.98 Å². The van der Waals surface area contributed by atoms with Gasteiger partial charge < -0.3 is 4.42 Å². The SMILES string of the molecule is N#CCCCCc1nc2ccccc2o1. The van der Waals surface area contributed by atoms with Crippen molar-refractivity contribution in [3.05, 3.63) is 30.2 Å². The summed E-state index contributed by atoms with van der Waals surface area (Å²) in [6, 6.07) is 9.88. The molecule has 0 radical (unpaired) electrons. The quantitative estimate of drug-likeness (QED) is 0.712. The first-order valence-electron chi connectivity index (χ1n) is 5.11. The van der Waals surface area contributed by atoms with Crippen LogP contribution in [0.4, 0.5) is 0 Å². The molecule has 15 heavy (non-hydrogen) atoms. The number of nitrogens with zero attached hydrogens (tertiary/aromatic N) is 2. The monoisotopic (exact) mass is 200 g/mol. The van der Waals surface area contributed by atoms with Crippen LogP contribution in [0.25, 0.3) is 11.1 Å². The Morgan fingerprint density at radius 1 is 1.27 bits per heavy atom. The maximum absolute atomic E-state index is 8.39. The lowest BCUT2D eigenvalue weighted by atomic mass is 10.2. The van der Waals surface area contributed by atoms with Crippen molar-refractivity contribution < 1.29 is 4.42 Å². The average Bonchev–Trinajstić information content (AvgIpc) is 2.67. The summed E-state index contributed by atoms with van der Waals surface area (Å²) < 4.78 is 5.55. The number of unbranched alkanes of at least 4 members (excludes halogenated alkanes) is 2. The number of nitriles is 1. The molecule has 0 saturated carbocycles. The van der Waals surface area contributed by atoms with Gasteiger partial charge in [-0.25, -0.2) is 4.98 Å². The number of hydrogen-bond donors (Lipinski definition) is 0. The van der Waals surface area contributed by atoms with E-state index >= 15 is 0 Å². The van der Waals surface area contributed by atoms with E-state index in [9.17, 15) is 0 Å². The second kappa shape index (κ2) is 4.61. The summed E-state index contributed by atoms with van der Waals surface area (Å²) in [7, 11) is 0. The van der Waals surface area contributed by atoms with E-state index in [4.69, 9.17) is 9.68 Å². The first kappa shape index (κ1) is 9.72. The molecule has 2 rings (SSSR count). The van der Waals surface area contributed by atoms with Crippen molar-refractivity contribution >= 4 is 11.1 Å². The van der Waals surface area contributed by atoms with E-state index in [2.05, 4.69) is 11.1 Å². The van der Waals surface area contributed by atoms with Crippen LogP contribution in [0.5, 0.6) is 0 Å². The summed E-state index contributed by atoms with van der Waals surface area (Å²) in [5.41, 5.74) is 1.75. The number of benzene rings is 1. The van der Waals surface area contributed by atoms with Gasteiger partial charge in [0.05, 0.1) is 6.07 Å². The fourth-order valence-electron chi connectivity index (χ4n) is 1.51. The number of hydrogen-bond acceptors (Lipinski definition) is 3. The van der Waals surface area contributed by atoms with Gasteiger partial charge in [0.25, 0.3) is 0 Å². The maximum Gasteiger partial charge on any atom is 0.195 e. The van der Waals surface area contributed by atoms with E-state index in [0.29, 0.717) is 6.42 Å². The Balaban J connectivity index is 2.00. The largest absolute Gasteiger partial charge is 0.441 e. The second-order valence-electron chi connectivity index (χ2n) is 3.44. The summed E-state index contributed by atoms with van der Waals surface area (Å²) in [6.07, 6.45) is 3.30. The Morgan fingerprint density at radius 3 is 2.93 bits per heavy atom. The van der Waals surface area contributed by atoms with Crippen molar-refractivity contribution in [1.82, 2.24) is 4.98 Å². The molecule has 0 fully saturated rings. The Hall–Kier alpha value is -1.82. The third kappa shape index (κ3) is 2.35. The minimum absolute atomic E-state index is 0.611. The highest BCUT2D eigenvalue weighted by Gasteiger charge is 2.03. The molecule has 0 amide bonds. The minimum atomic E-state index is 0.611. The van der Waals surface area contributed by atoms with Gasteiger partial charge in [-0.3, -0.25) is 0 Å². The fraction of sp³-hybridized carbons (Fsp3) is 0.333. The number of para-hydroxylation sites is 2. The Kier molecular flexibility index (Phi) is 2.99. The number of rotatable bonds is 4. The average molecular weight is 200 g/mol. The smallest absolute Gasteiger partial charge is 0.195 e. The third-order valence-electron chi connectivity index (χ3n) is 2.27. The van der Waals surface area contributed by atoms with Gasteiger partial charge in [0.1, 0.15) is 5.52 Å². The van der Waals surface area contributed by atoms with Crippen LogP contribution in [0.15, 0.2) is 28.7 Å². The van der Waals surface area contributed by atoms with E-state index in [-0.39, 0.29) is 0 Å². The van der Waals surface area contributed by atoms with Gasteiger partial charge in [-0.2, -0.15) is 5.26 Å². The van der Waals surface area contributed by atoms with Crippen LogP contribution >= 0.6 is 0 Å². The lowest BCUT2D eigenvalue weighted by molar-refractivity contribution is 0.515. The Bertz CT molecular complexity index is 449. The summed E-state index contributed by atoms with van der Waals surface area (Å²) in [5, 5.41) is 8.39. The van der Waals surface area contributed by atoms with Gasteiger partial charge in [0.15, 0.2) is 11.5 Å². The van der Waals surface area contributed by atoms with Crippen LogP contribution in [0, 0.1) is 11.3 Å². The number of oxazole rings is 1. The normalized spacial score (nSPS) is 10.3. The van der Waals surface area contributed by atoms with Crippen LogP contribution < -0.4 is 0 Å². The Labute approximate surface area is 88.3 Å². The van der Waals surface area contributed by atoms with E-state index in [1.54, 1.807) is 0 Å². The molecular formula is C12H12N2O. The zero-order chi connectivity index (χ0) is 10.5. The zero-order valence-electron chi connectivity index (χ0n) is 8.44. The summed E-state index contributed by atoms with van der Waals surface area (Å²) in [4.78, 5) is 4.36. The molecule has 3 heteroatoms. The van der Waals surface area contributed by atoms with Gasteiger partial charge in [0, 0.05) is 12.8 Å². The summed E-state index contributed by atoms with van der Waals surface area (Å²) in [5.74, 6) is 0.772. The minimum Gasteiger partial charge on any atom is -0.441 e. The van der Waals surface area contributed by atoms with Gasteiger partial charge in [-0.15, -0.1) is 0 Å². The van der Waals surface area contributed by atoms with Crippen LogP contribution in [0.1, 0.15) is 25.2 Å². The molecule has 76 valence electrons. The molecule has 0 atom stereocenters. The highest BCUT2D eigenvalue weighted by Crippen LogP contribution is 2.16. The molecular weight excluding hydrogens is 188 g/mol. The van der Waals surface area contributed by atoms with Crippen LogP contribution in [0.2, 0.25) is 0 Å². The van der Waals surface area contributed by atoms with Crippen molar-refractivity contribution in [3.63, 3.8) is 0 Å². The van der Waals surface area contributed by atoms with Crippen molar-refractivity contribution in [2.24, 2.45) is 0 Å². The fourth-order valence-corrected chi connectivity index (χ4v) is 1.51. The van der Waals surface area contributed by atoms with Crippen LogP contribution in [-0.2, 0) is 6.42 Å².